The minimum atomic E-state index is -0.416. The fraction of sp³-hybridized carbons (Fsp3) is 0.522. The van der Waals surface area contributed by atoms with E-state index >= 15 is 0 Å². The van der Waals surface area contributed by atoms with Gasteiger partial charge in [-0.1, -0.05) is 12.1 Å². The molecule has 2 heterocycles. The summed E-state index contributed by atoms with van der Waals surface area (Å²) >= 11 is 0. The van der Waals surface area contributed by atoms with Crippen molar-refractivity contribution in [3.63, 3.8) is 0 Å². The fourth-order valence-electron chi connectivity index (χ4n) is 4.54. The number of nitriles is 1. The van der Waals surface area contributed by atoms with E-state index in [0.717, 1.165) is 43.5 Å². The number of nitrogens with one attached hydrogen (secondary N) is 3. The van der Waals surface area contributed by atoms with Gasteiger partial charge in [-0.25, -0.2) is 0 Å². The molecule has 29 heavy (non-hydrogen) atoms. The molecule has 0 saturated carbocycles. The summed E-state index contributed by atoms with van der Waals surface area (Å²) in [5, 5.41) is 18.5. The van der Waals surface area contributed by atoms with Gasteiger partial charge in [-0.15, -0.1) is 0 Å². The number of carbonyl (C=O) groups is 1. The van der Waals surface area contributed by atoms with Crippen LogP contribution < -0.4 is 16.0 Å². The lowest BCUT2D eigenvalue weighted by Crippen LogP contribution is -2.37. The summed E-state index contributed by atoms with van der Waals surface area (Å²) in [5.74, 6) is 0.524. The first-order chi connectivity index (χ1) is 14.1. The van der Waals surface area contributed by atoms with Crippen LogP contribution in [0.25, 0.3) is 5.57 Å². The van der Waals surface area contributed by atoms with Gasteiger partial charge in [-0.2, -0.15) is 5.26 Å². The Balaban J connectivity index is 1.60. The number of hydrogen-bond acceptors (Lipinski definition) is 5. The molecule has 2 unspecified atom stereocenters. The van der Waals surface area contributed by atoms with Crippen molar-refractivity contribution in [3.8, 4) is 6.07 Å². The van der Waals surface area contributed by atoms with Crippen LogP contribution in [0.2, 0.25) is 0 Å². The van der Waals surface area contributed by atoms with Gasteiger partial charge >= 0.3 is 0 Å². The second kappa shape index (κ2) is 8.79. The lowest BCUT2D eigenvalue weighted by Gasteiger charge is -2.29. The summed E-state index contributed by atoms with van der Waals surface area (Å²) < 4.78 is 0. The smallest absolute Gasteiger partial charge is 0.290 e. The molecule has 0 bridgehead atoms. The number of benzene rings is 1. The van der Waals surface area contributed by atoms with E-state index in [1.807, 2.05) is 6.07 Å². The third-order valence-corrected chi connectivity index (χ3v) is 6.14. The largest absolute Gasteiger partial charge is 0.349 e. The minimum Gasteiger partial charge on any atom is -0.349 e. The van der Waals surface area contributed by atoms with Crippen molar-refractivity contribution in [2.75, 3.05) is 18.4 Å². The van der Waals surface area contributed by atoms with Crippen LogP contribution in [0.15, 0.2) is 29.3 Å². The van der Waals surface area contributed by atoms with E-state index < -0.39 is 6.04 Å². The SMILES string of the molecule is C[C@H]1CC(c2ccc(NC(=O)C3=NCC(C#N)N3)c(C3=CCCCC3)c2)CCN1. The number of carbonyl (C=O) groups excluding carboxylic acids is 1. The lowest BCUT2D eigenvalue weighted by molar-refractivity contribution is -0.110. The first-order valence-corrected chi connectivity index (χ1v) is 10.7. The van der Waals surface area contributed by atoms with E-state index in [1.165, 1.54) is 24.0 Å². The molecule has 1 amide bonds. The van der Waals surface area contributed by atoms with Crippen molar-refractivity contribution in [2.24, 2.45) is 4.99 Å². The van der Waals surface area contributed by atoms with E-state index in [2.05, 4.69) is 52.1 Å². The maximum Gasteiger partial charge on any atom is 0.290 e. The Morgan fingerprint density at radius 1 is 1.34 bits per heavy atom. The Hall–Kier alpha value is -2.65. The molecule has 1 fully saturated rings. The highest BCUT2D eigenvalue weighted by atomic mass is 16.2. The molecule has 6 nitrogen and oxygen atoms in total. The van der Waals surface area contributed by atoms with Gasteiger partial charge in [0.2, 0.25) is 0 Å². The van der Waals surface area contributed by atoms with Gasteiger partial charge in [-0.3, -0.25) is 9.79 Å². The highest BCUT2D eigenvalue weighted by molar-refractivity contribution is 6.42. The van der Waals surface area contributed by atoms with Crippen LogP contribution >= 0.6 is 0 Å². The molecule has 2 aliphatic heterocycles. The molecule has 152 valence electrons. The third kappa shape index (κ3) is 4.51. The van der Waals surface area contributed by atoms with E-state index in [4.69, 9.17) is 5.26 Å². The molecule has 3 atom stereocenters. The Kier molecular flexibility index (Phi) is 5.96. The molecular formula is C23H29N5O. The van der Waals surface area contributed by atoms with Crippen LogP contribution in [-0.2, 0) is 4.79 Å². The predicted molar refractivity (Wildman–Crippen MR) is 116 cm³/mol. The predicted octanol–water partition coefficient (Wildman–Crippen LogP) is 3.33. The van der Waals surface area contributed by atoms with Gasteiger partial charge in [0.15, 0.2) is 5.84 Å². The van der Waals surface area contributed by atoms with E-state index in [9.17, 15) is 4.79 Å². The number of piperidine rings is 1. The minimum absolute atomic E-state index is 0.247. The molecule has 4 rings (SSSR count). The topological polar surface area (TPSA) is 89.3 Å². The average molecular weight is 392 g/mol. The van der Waals surface area contributed by atoms with Crippen LogP contribution in [0.4, 0.5) is 5.69 Å². The summed E-state index contributed by atoms with van der Waals surface area (Å²) in [7, 11) is 0. The standard InChI is InChI=1S/C23H29N5O/c1-15-11-18(9-10-25-15)17-7-8-21(20(12-17)16-5-3-2-4-6-16)28-23(29)22-26-14-19(13-24)27-22/h5,7-8,12,15,18-19,25H,2-4,6,9-11,14H2,1H3,(H,26,27)(H,28,29)/t15-,18?,19?/m0/s1. The summed E-state index contributed by atoms with van der Waals surface area (Å²) in [6.07, 6.45) is 9.16. The first-order valence-electron chi connectivity index (χ1n) is 10.7. The normalized spacial score (nSPS) is 26.7. The summed E-state index contributed by atoms with van der Waals surface area (Å²) in [5.41, 5.74) is 4.65. The number of allylic oxidation sites excluding steroid dienone is 2. The summed E-state index contributed by atoms with van der Waals surface area (Å²) in [6.45, 7) is 3.62. The molecule has 3 aliphatic rings. The van der Waals surface area contributed by atoms with Crippen LogP contribution in [0.5, 0.6) is 0 Å². The molecule has 3 N–H and O–H groups in total. The van der Waals surface area contributed by atoms with E-state index in [1.54, 1.807) is 0 Å². The zero-order valence-electron chi connectivity index (χ0n) is 17.0. The van der Waals surface area contributed by atoms with Gasteiger partial charge in [0.1, 0.15) is 6.04 Å². The molecule has 1 aromatic carbocycles. The van der Waals surface area contributed by atoms with Crippen molar-refractivity contribution in [2.45, 2.75) is 63.5 Å². The second-order valence-electron chi connectivity index (χ2n) is 8.33. The molecular weight excluding hydrogens is 362 g/mol. The Morgan fingerprint density at radius 2 is 2.24 bits per heavy atom. The lowest BCUT2D eigenvalue weighted by atomic mass is 9.84. The molecule has 0 spiro atoms. The van der Waals surface area contributed by atoms with Gasteiger partial charge in [0, 0.05) is 17.3 Å². The highest BCUT2D eigenvalue weighted by Crippen LogP contribution is 2.36. The Labute approximate surface area is 172 Å². The van der Waals surface area contributed by atoms with Crippen LogP contribution in [-0.4, -0.2) is 36.9 Å². The maximum atomic E-state index is 12.7. The van der Waals surface area contributed by atoms with Crippen LogP contribution in [0, 0.1) is 11.3 Å². The van der Waals surface area contributed by atoms with Gasteiger partial charge in [0.05, 0.1) is 12.6 Å². The van der Waals surface area contributed by atoms with Crippen molar-refractivity contribution in [3.05, 3.63) is 35.4 Å². The zero-order valence-corrected chi connectivity index (χ0v) is 17.0. The number of amides is 1. The summed E-state index contributed by atoms with van der Waals surface area (Å²) in [4.78, 5) is 16.9. The number of nitrogens with zero attached hydrogens (tertiary/aromatic N) is 2. The number of aliphatic imine (C=N–C) groups is 1. The van der Waals surface area contributed by atoms with Crippen LogP contribution in [0.3, 0.4) is 0 Å². The van der Waals surface area contributed by atoms with Crippen molar-refractivity contribution >= 4 is 23.0 Å². The van der Waals surface area contributed by atoms with Crippen LogP contribution in [0.1, 0.15) is 62.5 Å². The second-order valence-corrected chi connectivity index (χ2v) is 8.33. The monoisotopic (exact) mass is 391 g/mol. The molecule has 0 radical (unpaired) electrons. The summed E-state index contributed by atoms with van der Waals surface area (Å²) in [6, 6.07) is 8.71. The molecule has 1 aromatic rings. The van der Waals surface area contributed by atoms with Crippen molar-refractivity contribution < 1.29 is 4.79 Å². The Bertz CT molecular complexity index is 882. The van der Waals surface area contributed by atoms with Crippen molar-refractivity contribution in [1.29, 1.82) is 5.26 Å². The average Bonchev–Trinajstić information content (AvgIpc) is 3.24. The van der Waals surface area contributed by atoms with Gasteiger partial charge in [-0.05, 0) is 81.2 Å². The first kappa shape index (κ1) is 19.7. The van der Waals surface area contributed by atoms with Crippen molar-refractivity contribution in [1.82, 2.24) is 10.6 Å². The third-order valence-electron chi connectivity index (χ3n) is 6.14. The molecule has 0 aromatic heterocycles. The van der Waals surface area contributed by atoms with Gasteiger partial charge in [0.25, 0.3) is 5.91 Å². The number of anilines is 1. The number of rotatable bonds is 4. The number of hydrogen-bond donors (Lipinski definition) is 3. The van der Waals surface area contributed by atoms with E-state index in [0.29, 0.717) is 18.5 Å². The van der Waals surface area contributed by atoms with Gasteiger partial charge < -0.3 is 16.0 Å². The number of amidine groups is 1. The quantitative estimate of drug-likeness (QED) is 0.734. The Morgan fingerprint density at radius 3 is 2.97 bits per heavy atom. The molecule has 1 saturated heterocycles. The molecule has 6 heteroatoms. The van der Waals surface area contributed by atoms with E-state index in [-0.39, 0.29) is 11.7 Å². The highest BCUT2D eigenvalue weighted by Gasteiger charge is 2.25. The molecule has 1 aliphatic carbocycles. The maximum absolute atomic E-state index is 12.7. The fourth-order valence-corrected chi connectivity index (χ4v) is 4.54. The zero-order chi connectivity index (χ0) is 20.2.